The SMILES string of the molecule is CC1(C(=O)NCCN2CCC(CNC(=O)c3cccc(OC(F)(F)F)c3)CC2)CC1. The van der Waals surface area contributed by atoms with Crippen molar-refractivity contribution in [3.05, 3.63) is 29.8 Å². The fourth-order valence-corrected chi connectivity index (χ4v) is 3.54. The minimum atomic E-state index is -4.79. The van der Waals surface area contributed by atoms with E-state index < -0.39 is 18.0 Å². The van der Waals surface area contributed by atoms with E-state index >= 15 is 0 Å². The zero-order valence-corrected chi connectivity index (χ0v) is 17.1. The quantitative estimate of drug-likeness (QED) is 0.669. The van der Waals surface area contributed by atoms with Crippen LogP contribution in [0.1, 0.15) is 43.0 Å². The smallest absolute Gasteiger partial charge is 0.406 e. The number of carbonyl (C=O) groups is 2. The van der Waals surface area contributed by atoms with Gasteiger partial charge in [0.1, 0.15) is 5.75 Å². The van der Waals surface area contributed by atoms with Gasteiger partial charge in [-0.25, -0.2) is 0 Å². The van der Waals surface area contributed by atoms with Crippen molar-refractivity contribution in [2.24, 2.45) is 11.3 Å². The molecule has 1 saturated heterocycles. The lowest BCUT2D eigenvalue weighted by atomic mass is 9.96. The molecule has 2 amide bonds. The first-order chi connectivity index (χ1) is 14.1. The van der Waals surface area contributed by atoms with E-state index in [4.69, 9.17) is 0 Å². The molecule has 0 aromatic heterocycles. The van der Waals surface area contributed by atoms with E-state index in [-0.39, 0.29) is 16.9 Å². The Kier molecular flexibility index (Phi) is 6.90. The normalized spacial score (nSPS) is 19.2. The summed E-state index contributed by atoms with van der Waals surface area (Å²) >= 11 is 0. The summed E-state index contributed by atoms with van der Waals surface area (Å²) in [6.45, 7) is 5.71. The van der Waals surface area contributed by atoms with Crippen LogP contribution in [0.15, 0.2) is 24.3 Å². The monoisotopic (exact) mass is 427 g/mol. The maximum atomic E-state index is 12.3. The van der Waals surface area contributed by atoms with Crippen molar-refractivity contribution in [1.82, 2.24) is 15.5 Å². The highest BCUT2D eigenvalue weighted by atomic mass is 19.4. The fraction of sp³-hybridized carbons (Fsp3) is 0.619. The van der Waals surface area contributed by atoms with Crippen molar-refractivity contribution in [2.45, 2.75) is 39.0 Å². The largest absolute Gasteiger partial charge is 0.573 e. The first-order valence-electron chi connectivity index (χ1n) is 10.3. The Labute approximate surface area is 174 Å². The van der Waals surface area contributed by atoms with Crippen molar-refractivity contribution in [3.8, 4) is 5.75 Å². The average Bonchev–Trinajstić information content (AvgIpc) is 3.45. The van der Waals surface area contributed by atoms with E-state index in [1.54, 1.807) is 0 Å². The molecule has 2 N–H and O–H groups in total. The number of halogens is 3. The molecule has 1 heterocycles. The summed E-state index contributed by atoms with van der Waals surface area (Å²) in [5.74, 6) is -0.364. The molecule has 3 rings (SSSR count). The molecule has 30 heavy (non-hydrogen) atoms. The van der Waals surface area contributed by atoms with Gasteiger partial charge >= 0.3 is 6.36 Å². The van der Waals surface area contributed by atoms with Gasteiger partial charge in [-0.2, -0.15) is 0 Å². The minimum absolute atomic E-state index is 0.134. The van der Waals surface area contributed by atoms with E-state index in [1.165, 1.54) is 12.1 Å². The number of rotatable bonds is 8. The molecule has 0 spiro atoms. The molecule has 0 radical (unpaired) electrons. The lowest BCUT2D eigenvalue weighted by Crippen LogP contribution is -2.42. The number of carbonyl (C=O) groups excluding carboxylic acids is 2. The summed E-state index contributed by atoms with van der Waals surface area (Å²) in [5.41, 5.74) is -0.0156. The Morgan fingerprint density at radius 1 is 1.20 bits per heavy atom. The molecule has 2 fully saturated rings. The standard InChI is InChI=1S/C21H28F3N3O3/c1-20(7-8-20)19(29)25-9-12-27-10-5-15(6-11-27)14-26-18(28)16-3-2-4-17(13-16)30-21(22,23)24/h2-4,13,15H,5-12,14H2,1H3,(H,25,29)(H,26,28). The Balaban J connectivity index is 1.35. The van der Waals surface area contributed by atoms with Crippen molar-refractivity contribution >= 4 is 11.8 Å². The molecule has 0 atom stereocenters. The van der Waals surface area contributed by atoms with Gasteiger partial charge in [0.2, 0.25) is 5.91 Å². The van der Waals surface area contributed by atoms with Gasteiger partial charge in [-0.05, 0) is 62.9 Å². The third kappa shape index (κ3) is 6.62. The number of amides is 2. The summed E-state index contributed by atoms with van der Waals surface area (Å²) in [6, 6.07) is 5.06. The highest BCUT2D eigenvalue weighted by molar-refractivity contribution is 5.94. The maximum absolute atomic E-state index is 12.3. The predicted octanol–water partition coefficient (Wildman–Crippen LogP) is 2.94. The van der Waals surface area contributed by atoms with Gasteiger partial charge in [0.25, 0.3) is 5.91 Å². The van der Waals surface area contributed by atoms with Crippen LogP contribution in [0.2, 0.25) is 0 Å². The lowest BCUT2D eigenvalue weighted by molar-refractivity contribution is -0.274. The van der Waals surface area contributed by atoms with Gasteiger partial charge in [0, 0.05) is 30.6 Å². The lowest BCUT2D eigenvalue weighted by Gasteiger charge is -2.32. The van der Waals surface area contributed by atoms with Crippen molar-refractivity contribution in [3.63, 3.8) is 0 Å². The summed E-state index contributed by atoms with van der Waals surface area (Å²) in [6.07, 6.45) is -1.01. The van der Waals surface area contributed by atoms with E-state index in [9.17, 15) is 22.8 Å². The van der Waals surface area contributed by atoms with Crippen LogP contribution >= 0.6 is 0 Å². The van der Waals surface area contributed by atoms with E-state index in [0.29, 0.717) is 19.0 Å². The zero-order chi connectivity index (χ0) is 21.8. The highest BCUT2D eigenvalue weighted by Gasteiger charge is 2.44. The number of nitrogens with one attached hydrogen (secondary N) is 2. The Morgan fingerprint density at radius 2 is 1.90 bits per heavy atom. The van der Waals surface area contributed by atoms with Crippen LogP contribution in [0.4, 0.5) is 13.2 Å². The molecule has 2 aliphatic rings. The molecule has 166 valence electrons. The first kappa shape index (κ1) is 22.4. The molecule has 1 aromatic carbocycles. The van der Waals surface area contributed by atoms with Crippen LogP contribution in [0, 0.1) is 11.3 Å². The molecule has 0 unspecified atom stereocenters. The van der Waals surface area contributed by atoms with Gasteiger partial charge in [-0.1, -0.05) is 13.0 Å². The second-order valence-corrected chi connectivity index (χ2v) is 8.39. The van der Waals surface area contributed by atoms with Gasteiger partial charge in [-0.3, -0.25) is 9.59 Å². The molecule has 1 aromatic rings. The van der Waals surface area contributed by atoms with Crippen LogP contribution in [-0.2, 0) is 4.79 Å². The second-order valence-electron chi connectivity index (χ2n) is 8.39. The summed E-state index contributed by atoms with van der Waals surface area (Å²) in [5, 5.41) is 5.81. The molecule has 1 aliphatic carbocycles. The molecular weight excluding hydrogens is 399 g/mol. The van der Waals surface area contributed by atoms with Gasteiger partial charge < -0.3 is 20.3 Å². The van der Waals surface area contributed by atoms with Crippen molar-refractivity contribution in [2.75, 3.05) is 32.7 Å². The molecular formula is C21H28F3N3O3. The van der Waals surface area contributed by atoms with Crippen molar-refractivity contribution < 1.29 is 27.5 Å². The summed E-state index contributed by atoms with van der Waals surface area (Å²) in [4.78, 5) is 26.5. The third-order valence-electron chi connectivity index (χ3n) is 5.85. The van der Waals surface area contributed by atoms with Crippen LogP contribution in [0.25, 0.3) is 0 Å². The molecule has 1 aliphatic heterocycles. The number of likely N-dealkylation sites (tertiary alicyclic amines) is 1. The summed E-state index contributed by atoms with van der Waals surface area (Å²) in [7, 11) is 0. The summed E-state index contributed by atoms with van der Waals surface area (Å²) < 4.78 is 40.8. The highest BCUT2D eigenvalue weighted by Crippen LogP contribution is 2.44. The van der Waals surface area contributed by atoms with Crippen LogP contribution in [0.5, 0.6) is 5.75 Å². The minimum Gasteiger partial charge on any atom is -0.406 e. The van der Waals surface area contributed by atoms with E-state index in [0.717, 1.165) is 57.5 Å². The number of hydrogen-bond donors (Lipinski definition) is 2. The molecule has 9 heteroatoms. The van der Waals surface area contributed by atoms with Gasteiger partial charge in [-0.15, -0.1) is 13.2 Å². The van der Waals surface area contributed by atoms with Gasteiger partial charge in [0.05, 0.1) is 0 Å². The first-order valence-corrected chi connectivity index (χ1v) is 10.3. The average molecular weight is 427 g/mol. The van der Waals surface area contributed by atoms with E-state index in [1.807, 2.05) is 6.92 Å². The number of piperidine rings is 1. The van der Waals surface area contributed by atoms with E-state index in [2.05, 4.69) is 20.3 Å². The van der Waals surface area contributed by atoms with Gasteiger partial charge in [0.15, 0.2) is 0 Å². The predicted molar refractivity (Wildman–Crippen MR) is 105 cm³/mol. The number of ether oxygens (including phenoxy) is 1. The maximum Gasteiger partial charge on any atom is 0.573 e. The molecule has 0 bridgehead atoms. The second kappa shape index (κ2) is 9.24. The Morgan fingerprint density at radius 3 is 2.53 bits per heavy atom. The Bertz CT molecular complexity index is 757. The molecule has 6 nitrogen and oxygen atoms in total. The zero-order valence-electron chi connectivity index (χ0n) is 17.1. The molecule has 1 saturated carbocycles. The topological polar surface area (TPSA) is 70.7 Å². The number of hydrogen-bond acceptors (Lipinski definition) is 4. The van der Waals surface area contributed by atoms with Crippen LogP contribution in [0.3, 0.4) is 0 Å². The van der Waals surface area contributed by atoms with Crippen molar-refractivity contribution in [1.29, 1.82) is 0 Å². The number of benzene rings is 1. The van der Waals surface area contributed by atoms with Crippen LogP contribution < -0.4 is 15.4 Å². The fourth-order valence-electron chi connectivity index (χ4n) is 3.54. The Hall–Kier alpha value is -2.29. The van der Waals surface area contributed by atoms with Crippen LogP contribution in [-0.4, -0.2) is 55.8 Å². The number of alkyl halides is 3. The third-order valence-corrected chi connectivity index (χ3v) is 5.85. The number of nitrogens with zero attached hydrogens (tertiary/aromatic N) is 1.